The Morgan fingerprint density at radius 2 is 1.78 bits per heavy atom. The van der Waals surface area contributed by atoms with Crippen LogP contribution >= 0.6 is 0 Å². The number of hydrogen-bond donors (Lipinski definition) is 2. The fraction of sp³-hybridized carbons (Fsp3) is 0.417. The van der Waals surface area contributed by atoms with Gasteiger partial charge >= 0.3 is 0 Å². The van der Waals surface area contributed by atoms with Crippen LogP contribution in [0.15, 0.2) is 29.2 Å². The molecule has 1 rings (SSSR count). The first-order chi connectivity index (χ1) is 8.39. The van der Waals surface area contributed by atoms with Crippen molar-refractivity contribution in [1.29, 1.82) is 0 Å². The van der Waals surface area contributed by atoms with Crippen molar-refractivity contribution in [2.75, 3.05) is 19.3 Å². The summed E-state index contributed by atoms with van der Waals surface area (Å²) in [6.45, 7) is 3.37. The van der Waals surface area contributed by atoms with Gasteiger partial charge in [0.15, 0.2) is 9.84 Å². The molecule has 1 amide bonds. The highest BCUT2D eigenvalue weighted by Crippen LogP contribution is 2.09. The van der Waals surface area contributed by atoms with E-state index in [1.54, 1.807) is 24.3 Å². The van der Waals surface area contributed by atoms with Crippen LogP contribution in [0.25, 0.3) is 0 Å². The first-order valence-corrected chi connectivity index (χ1v) is 7.53. The Morgan fingerprint density at radius 1 is 1.17 bits per heavy atom. The maximum Gasteiger partial charge on any atom is 0.216 e. The van der Waals surface area contributed by atoms with E-state index >= 15 is 0 Å². The molecule has 0 bridgehead atoms. The Labute approximate surface area is 108 Å². The summed E-state index contributed by atoms with van der Waals surface area (Å²) in [5.41, 5.74) is 1.00. The van der Waals surface area contributed by atoms with Crippen LogP contribution < -0.4 is 10.6 Å². The Balaban J connectivity index is 2.38. The maximum absolute atomic E-state index is 11.3. The first kappa shape index (κ1) is 14.7. The van der Waals surface area contributed by atoms with Gasteiger partial charge in [-0.25, -0.2) is 8.42 Å². The first-order valence-electron chi connectivity index (χ1n) is 5.64. The minimum Gasteiger partial charge on any atom is -0.355 e. The van der Waals surface area contributed by atoms with Gasteiger partial charge in [-0.05, 0) is 17.7 Å². The molecule has 0 aliphatic rings. The zero-order valence-corrected chi connectivity index (χ0v) is 11.4. The van der Waals surface area contributed by atoms with Gasteiger partial charge in [0.25, 0.3) is 0 Å². The van der Waals surface area contributed by atoms with E-state index in [9.17, 15) is 13.2 Å². The molecule has 6 heteroatoms. The lowest BCUT2D eigenvalue weighted by atomic mass is 10.2. The number of carbonyl (C=O) groups excluding carboxylic acids is 1. The van der Waals surface area contributed by atoms with Crippen molar-refractivity contribution < 1.29 is 13.2 Å². The molecule has 0 aromatic heterocycles. The van der Waals surface area contributed by atoms with Gasteiger partial charge in [-0.2, -0.15) is 0 Å². The average Bonchev–Trinajstić information content (AvgIpc) is 2.27. The van der Waals surface area contributed by atoms with E-state index in [1.165, 1.54) is 13.2 Å². The molecule has 0 saturated carbocycles. The van der Waals surface area contributed by atoms with Crippen molar-refractivity contribution in [3.8, 4) is 0 Å². The molecule has 0 aliphatic carbocycles. The van der Waals surface area contributed by atoms with Gasteiger partial charge in [-0.15, -0.1) is 0 Å². The fourth-order valence-corrected chi connectivity index (χ4v) is 2.04. The van der Waals surface area contributed by atoms with E-state index in [0.717, 1.165) is 5.56 Å². The number of sulfone groups is 1. The van der Waals surface area contributed by atoms with E-state index in [1.807, 2.05) is 0 Å². The zero-order chi connectivity index (χ0) is 13.6. The summed E-state index contributed by atoms with van der Waals surface area (Å²) in [7, 11) is -3.13. The van der Waals surface area contributed by atoms with Crippen LogP contribution in [-0.2, 0) is 21.2 Å². The third-order valence-electron chi connectivity index (χ3n) is 2.36. The summed E-state index contributed by atoms with van der Waals surface area (Å²) in [6, 6.07) is 6.75. The zero-order valence-electron chi connectivity index (χ0n) is 10.6. The summed E-state index contributed by atoms with van der Waals surface area (Å²) < 4.78 is 22.5. The molecule has 100 valence electrons. The standard InChI is InChI=1S/C12H18N2O3S/c1-10(15)14-8-7-13-9-11-3-5-12(6-4-11)18(2,16)17/h3-6,13H,7-9H2,1-2H3,(H,14,15). The minimum absolute atomic E-state index is 0.0469. The number of rotatable bonds is 6. The smallest absolute Gasteiger partial charge is 0.216 e. The molecule has 5 nitrogen and oxygen atoms in total. The molecule has 0 radical (unpaired) electrons. The van der Waals surface area contributed by atoms with Crippen LogP contribution in [0.1, 0.15) is 12.5 Å². The van der Waals surface area contributed by atoms with Crippen LogP contribution in [0.3, 0.4) is 0 Å². The maximum atomic E-state index is 11.3. The number of amides is 1. The SMILES string of the molecule is CC(=O)NCCNCc1ccc(S(C)(=O)=O)cc1. The quantitative estimate of drug-likeness (QED) is 0.730. The second kappa shape index (κ2) is 6.51. The predicted molar refractivity (Wildman–Crippen MR) is 69.9 cm³/mol. The van der Waals surface area contributed by atoms with Gasteiger partial charge in [0.1, 0.15) is 0 Å². The third-order valence-corrected chi connectivity index (χ3v) is 3.48. The molecule has 18 heavy (non-hydrogen) atoms. The van der Waals surface area contributed by atoms with Gasteiger partial charge in [0, 0.05) is 32.8 Å². The number of benzene rings is 1. The lowest BCUT2D eigenvalue weighted by Gasteiger charge is -2.06. The highest BCUT2D eigenvalue weighted by atomic mass is 32.2. The molecule has 1 aromatic rings. The van der Waals surface area contributed by atoms with Crippen molar-refractivity contribution in [3.05, 3.63) is 29.8 Å². The lowest BCUT2D eigenvalue weighted by Crippen LogP contribution is -2.29. The molecule has 0 heterocycles. The summed E-state index contributed by atoms with van der Waals surface area (Å²) in [5, 5.41) is 5.83. The summed E-state index contributed by atoms with van der Waals surface area (Å²) in [4.78, 5) is 10.9. The second-order valence-electron chi connectivity index (χ2n) is 4.08. The normalized spacial score (nSPS) is 11.2. The molecular weight excluding hydrogens is 252 g/mol. The second-order valence-corrected chi connectivity index (χ2v) is 6.09. The van der Waals surface area contributed by atoms with Gasteiger partial charge in [-0.1, -0.05) is 12.1 Å². The Kier molecular flexibility index (Phi) is 5.30. The largest absolute Gasteiger partial charge is 0.355 e. The van der Waals surface area contributed by atoms with Crippen molar-refractivity contribution >= 4 is 15.7 Å². The van der Waals surface area contributed by atoms with E-state index in [-0.39, 0.29) is 5.91 Å². The molecule has 2 N–H and O–H groups in total. The predicted octanol–water partition coefficient (Wildman–Crippen LogP) is 0.316. The van der Waals surface area contributed by atoms with Crippen LogP contribution in [0.5, 0.6) is 0 Å². The lowest BCUT2D eigenvalue weighted by molar-refractivity contribution is -0.118. The summed E-state index contributed by atoms with van der Waals surface area (Å²) in [6.07, 6.45) is 1.19. The molecule has 0 atom stereocenters. The highest BCUT2D eigenvalue weighted by Gasteiger charge is 2.05. The summed E-state index contributed by atoms with van der Waals surface area (Å²) >= 11 is 0. The van der Waals surface area contributed by atoms with Gasteiger partial charge in [0.05, 0.1) is 4.90 Å². The van der Waals surface area contributed by atoms with Crippen LogP contribution in [-0.4, -0.2) is 33.7 Å². The average molecular weight is 270 g/mol. The van der Waals surface area contributed by atoms with E-state index in [2.05, 4.69) is 10.6 Å². The van der Waals surface area contributed by atoms with Gasteiger partial charge in [0.2, 0.25) is 5.91 Å². The number of hydrogen-bond acceptors (Lipinski definition) is 4. The Bertz CT molecular complexity index is 495. The van der Waals surface area contributed by atoms with E-state index < -0.39 is 9.84 Å². The molecule has 0 spiro atoms. The van der Waals surface area contributed by atoms with E-state index in [0.29, 0.717) is 24.5 Å². The van der Waals surface area contributed by atoms with Crippen LogP contribution in [0.2, 0.25) is 0 Å². The topological polar surface area (TPSA) is 75.3 Å². The summed E-state index contributed by atoms with van der Waals surface area (Å²) in [5.74, 6) is -0.0469. The fourth-order valence-electron chi connectivity index (χ4n) is 1.41. The molecule has 0 fully saturated rings. The minimum atomic E-state index is -3.13. The monoisotopic (exact) mass is 270 g/mol. The molecular formula is C12H18N2O3S. The van der Waals surface area contributed by atoms with Crippen molar-refractivity contribution in [2.45, 2.75) is 18.4 Å². The third kappa shape index (κ3) is 5.29. The van der Waals surface area contributed by atoms with E-state index in [4.69, 9.17) is 0 Å². The Morgan fingerprint density at radius 3 is 2.28 bits per heavy atom. The van der Waals surface area contributed by atoms with Crippen molar-refractivity contribution in [3.63, 3.8) is 0 Å². The number of nitrogens with one attached hydrogen (secondary N) is 2. The van der Waals surface area contributed by atoms with Crippen molar-refractivity contribution in [1.82, 2.24) is 10.6 Å². The molecule has 0 unspecified atom stereocenters. The number of carbonyl (C=O) groups is 1. The molecule has 1 aromatic carbocycles. The molecule has 0 saturated heterocycles. The Hall–Kier alpha value is -1.40. The van der Waals surface area contributed by atoms with Crippen molar-refractivity contribution in [2.24, 2.45) is 0 Å². The molecule has 0 aliphatic heterocycles. The van der Waals surface area contributed by atoms with Gasteiger partial charge < -0.3 is 10.6 Å². The van der Waals surface area contributed by atoms with Crippen LogP contribution in [0, 0.1) is 0 Å². The van der Waals surface area contributed by atoms with Gasteiger partial charge in [-0.3, -0.25) is 4.79 Å². The highest BCUT2D eigenvalue weighted by molar-refractivity contribution is 7.90. The van der Waals surface area contributed by atoms with Crippen LogP contribution in [0.4, 0.5) is 0 Å².